The van der Waals surface area contributed by atoms with Gasteiger partial charge < -0.3 is 19.8 Å². The number of hydrogen-bond donors (Lipinski definition) is 1. The summed E-state index contributed by atoms with van der Waals surface area (Å²) in [5.74, 6) is -1.39. The van der Waals surface area contributed by atoms with Crippen LogP contribution in [0.5, 0.6) is 0 Å². The van der Waals surface area contributed by atoms with Crippen LogP contribution in [0, 0.1) is 11.6 Å². The number of carboxylic acid groups (broad SMARTS) is 1. The minimum Gasteiger partial charge on any atom is -0.465 e. The van der Waals surface area contributed by atoms with Crippen molar-refractivity contribution in [1.82, 2.24) is 14.7 Å². The van der Waals surface area contributed by atoms with Crippen LogP contribution in [-0.2, 0) is 15.0 Å². The van der Waals surface area contributed by atoms with Crippen LogP contribution in [0.15, 0.2) is 48.5 Å². The second-order valence-corrected chi connectivity index (χ2v) is 8.40. The number of amides is 3. The Labute approximate surface area is 190 Å². The third-order valence-corrected chi connectivity index (χ3v) is 6.54. The summed E-state index contributed by atoms with van der Waals surface area (Å²) in [7, 11) is 0. The molecule has 0 unspecified atom stereocenters. The quantitative estimate of drug-likeness (QED) is 0.766. The number of hydrogen-bond acceptors (Lipinski definition) is 3. The molecule has 0 spiro atoms. The normalized spacial score (nSPS) is 18.4. The van der Waals surface area contributed by atoms with E-state index < -0.39 is 23.1 Å². The second-order valence-electron chi connectivity index (χ2n) is 8.40. The lowest BCUT2D eigenvalue weighted by Gasteiger charge is -2.43. The van der Waals surface area contributed by atoms with Crippen LogP contribution >= 0.6 is 0 Å². The second kappa shape index (κ2) is 9.17. The zero-order valence-electron chi connectivity index (χ0n) is 18.0. The highest BCUT2D eigenvalue weighted by Gasteiger charge is 2.47. The minimum absolute atomic E-state index is 0.129. The molecule has 0 aromatic heterocycles. The van der Waals surface area contributed by atoms with Crippen LogP contribution in [-0.4, -0.2) is 77.0 Å². The SMILES string of the molecule is O=C(O)N1CCN(C(=O)CN2CCCC(c3ccc(F)cc3)(c3ccc(F)cc3)C2=O)CC1. The van der Waals surface area contributed by atoms with E-state index in [2.05, 4.69) is 0 Å². The molecule has 33 heavy (non-hydrogen) atoms. The van der Waals surface area contributed by atoms with Crippen molar-refractivity contribution in [3.63, 3.8) is 0 Å². The maximum atomic E-state index is 13.9. The lowest BCUT2D eigenvalue weighted by atomic mass is 9.68. The van der Waals surface area contributed by atoms with Crippen LogP contribution in [0.1, 0.15) is 24.0 Å². The Bertz CT molecular complexity index is 989. The number of benzene rings is 2. The van der Waals surface area contributed by atoms with E-state index in [1.807, 2.05) is 0 Å². The molecule has 1 N–H and O–H groups in total. The lowest BCUT2D eigenvalue weighted by molar-refractivity contribution is -0.146. The van der Waals surface area contributed by atoms with Crippen molar-refractivity contribution in [3.05, 3.63) is 71.3 Å². The molecule has 0 saturated carbocycles. The van der Waals surface area contributed by atoms with Gasteiger partial charge in [-0.25, -0.2) is 13.6 Å². The van der Waals surface area contributed by atoms with Gasteiger partial charge >= 0.3 is 6.09 Å². The van der Waals surface area contributed by atoms with Crippen molar-refractivity contribution in [1.29, 1.82) is 0 Å². The molecule has 2 aromatic rings. The van der Waals surface area contributed by atoms with Gasteiger partial charge in [-0.2, -0.15) is 0 Å². The first-order valence-corrected chi connectivity index (χ1v) is 10.9. The third-order valence-electron chi connectivity index (χ3n) is 6.54. The highest BCUT2D eigenvalue weighted by molar-refractivity contribution is 5.95. The average Bonchev–Trinajstić information content (AvgIpc) is 2.82. The van der Waals surface area contributed by atoms with Crippen molar-refractivity contribution < 1.29 is 28.3 Å². The fraction of sp³-hybridized carbons (Fsp3) is 0.375. The standard InChI is InChI=1S/C24H25F2N3O4/c25-19-6-2-17(3-7-19)24(18-4-8-20(26)9-5-18)10-1-11-29(22(24)31)16-21(30)27-12-14-28(15-13-27)23(32)33/h2-9H,1,10-16H2,(H,32,33). The fourth-order valence-corrected chi connectivity index (χ4v) is 4.75. The monoisotopic (exact) mass is 457 g/mol. The van der Waals surface area contributed by atoms with E-state index >= 15 is 0 Å². The van der Waals surface area contributed by atoms with Crippen molar-refractivity contribution in [2.75, 3.05) is 39.3 Å². The van der Waals surface area contributed by atoms with Crippen molar-refractivity contribution in [2.45, 2.75) is 18.3 Å². The summed E-state index contributed by atoms with van der Waals surface area (Å²) in [6.45, 7) is 1.26. The molecule has 0 aliphatic carbocycles. The first kappa shape index (κ1) is 22.7. The molecule has 0 atom stereocenters. The zero-order valence-corrected chi connectivity index (χ0v) is 18.0. The summed E-state index contributed by atoms with van der Waals surface area (Å²) in [4.78, 5) is 42.2. The van der Waals surface area contributed by atoms with Gasteiger partial charge in [0.25, 0.3) is 0 Å². The number of likely N-dealkylation sites (tertiary alicyclic amines) is 1. The molecule has 0 bridgehead atoms. The molecular formula is C24H25F2N3O4. The minimum atomic E-state index is -1.15. The number of piperidine rings is 1. The number of carbonyl (C=O) groups excluding carboxylic acids is 2. The van der Waals surface area contributed by atoms with Gasteiger partial charge in [-0.05, 0) is 48.2 Å². The Morgan fingerprint density at radius 3 is 1.79 bits per heavy atom. The summed E-state index contributed by atoms with van der Waals surface area (Å²) in [5.41, 5.74) is 0.0301. The Morgan fingerprint density at radius 2 is 1.30 bits per heavy atom. The lowest BCUT2D eigenvalue weighted by Crippen LogP contribution is -2.57. The predicted molar refractivity (Wildman–Crippen MR) is 116 cm³/mol. The predicted octanol–water partition coefficient (Wildman–Crippen LogP) is 2.70. The average molecular weight is 457 g/mol. The van der Waals surface area contributed by atoms with Gasteiger partial charge in [0.2, 0.25) is 11.8 Å². The van der Waals surface area contributed by atoms with Gasteiger partial charge in [-0.3, -0.25) is 9.59 Å². The summed E-state index contributed by atoms with van der Waals surface area (Å²) in [6, 6.07) is 11.4. The molecule has 2 aromatic carbocycles. The van der Waals surface area contributed by atoms with Gasteiger partial charge in [0, 0.05) is 32.7 Å². The highest BCUT2D eigenvalue weighted by atomic mass is 19.1. The molecule has 9 heteroatoms. The zero-order chi connectivity index (χ0) is 23.6. The smallest absolute Gasteiger partial charge is 0.407 e. The fourth-order valence-electron chi connectivity index (χ4n) is 4.75. The molecular weight excluding hydrogens is 432 g/mol. The van der Waals surface area contributed by atoms with Gasteiger partial charge in [0.05, 0.1) is 12.0 Å². The van der Waals surface area contributed by atoms with E-state index in [-0.39, 0.29) is 44.5 Å². The number of rotatable bonds is 4. The summed E-state index contributed by atoms with van der Waals surface area (Å²) >= 11 is 0. The Morgan fingerprint density at radius 1 is 0.818 bits per heavy atom. The van der Waals surface area contributed by atoms with E-state index in [1.165, 1.54) is 34.1 Å². The van der Waals surface area contributed by atoms with Crippen molar-refractivity contribution in [3.8, 4) is 0 Å². The molecule has 2 aliphatic rings. The maximum Gasteiger partial charge on any atom is 0.407 e. The van der Waals surface area contributed by atoms with Gasteiger partial charge in [-0.1, -0.05) is 24.3 Å². The topological polar surface area (TPSA) is 81.2 Å². The first-order chi connectivity index (χ1) is 15.8. The van der Waals surface area contributed by atoms with E-state index in [9.17, 15) is 23.2 Å². The number of halogens is 2. The summed E-state index contributed by atoms with van der Waals surface area (Å²) in [6.07, 6.45) is 0.0442. The Balaban J connectivity index is 1.59. The molecule has 4 rings (SSSR count). The number of nitrogens with zero attached hydrogens (tertiary/aromatic N) is 3. The van der Waals surface area contributed by atoms with Crippen molar-refractivity contribution >= 4 is 17.9 Å². The molecule has 0 radical (unpaired) electrons. The molecule has 7 nitrogen and oxygen atoms in total. The summed E-state index contributed by atoms with van der Waals surface area (Å²) in [5, 5.41) is 9.09. The van der Waals surface area contributed by atoms with Crippen LogP contribution in [0.25, 0.3) is 0 Å². The first-order valence-electron chi connectivity index (χ1n) is 10.9. The van der Waals surface area contributed by atoms with E-state index in [0.717, 1.165) is 0 Å². The van der Waals surface area contributed by atoms with Crippen LogP contribution in [0.2, 0.25) is 0 Å². The maximum absolute atomic E-state index is 13.9. The van der Waals surface area contributed by atoms with Crippen LogP contribution < -0.4 is 0 Å². The van der Waals surface area contributed by atoms with Gasteiger partial charge in [-0.15, -0.1) is 0 Å². The van der Waals surface area contributed by atoms with E-state index in [1.54, 1.807) is 29.2 Å². The molecule has 2 aliphatic heterocycles. The third kappa shape index (κ3) is 4.40. The highest BCUT2D eigenvalue weighted by Crippen LogP contribution is 2.41. The Kier molecular flexibility index (Phi) is 6.31. The molecule has 2 heterocycles. The summed E-state index contributed by atoms with van der Waals surface area (Å²) < 4.78 is 27.3. The molecule has 174 valence electrons. The van der Waals surface area contributed by atoms with Crippen LogP contribution in [0.4, 0.5) is 13.6 Å². The van der Waals surface area contributed by atoms with Gasteiger partial charge in [0.1, 0.15) is 11.6 Å². The van der Waals surface area contributed by atoms with E-state index in [0.29, 0.717) is 30.5 Å². The number of piperazine rings is 1. The Hall–Kier alpha value is -3.49. The van der Waals surface area contributed by atoms with Crippen LogP contribution in [0.3, 0.4) is 0 Å². The number of carbonyl (C=O) groups is 3. The largest absolute Gasteiger partial charge is 0.465 e. The molecule has 2 saturated heterocycles. The van der Waals surface area contributed by atoms with Crippen molar-refractivity contribution in [2.24, 2.45) is 0 Å². The molecule has 2 fully saturated rings. The van der Waals surface area contributed by atoms with Gasteiger partial charge in [0.15, 0.2) is 0 Å². The van der Waals surface area contributed by atoms with E-state index in [4.69, 9.17) is 5.11 Å². The molecule has 3 amide bonds.